The molecule has 2 heteroatoms. The second kappa shape index (κ2) is 7.79. The summed E-state index contributed by atoms with van der Waals surface area (Å²) >= 11 is 0. The van der Waals surface area contributed by atoms with Gasteiger partial charge in [0.05, 0.1) is 6.61 Å². The lowest BCUT2D eigenvalue weighted by molar-refractivity contribution is 0.320. The van der Waals surface area contributed by atoms with Crippen LogP contribution in [0.3, 0.4) is 0 Å². The van der Waals surface area contributed by atoms with Gasteiger partial charge in [0.25, 0.3) is 0 Å². The number of hydrogen-bond acceptors (Lipinski definition) is 2. The number of aryl methyl sites for hydroxylation is 1. The van der Waals surface area contributed by atoms with Crippen molar-refractivity contribution in [1.29, 1.82) is 0 Å². The van der Waals surface area contributed by atoms with E-state index in [4.69, 9.17) is 11.2 Å². The summed E-state index contributed by atoms with van der Waals surface area (Å²) in [4.78, 5) is 0. The largest absolute Gasteiger partial charge is 0.492 e. The first-order valence-electron chi connectivity index (χ1n) is 6.50. The highest BCUT2D eigenvalue weighted by Gasteiger charge is 2.06. The molecule has 0 aliphatic carbocycles. The number of rotatable bonds is 7. The van der Waals surface area contributed by atoms with Crippen LogP contribution < -0.4 is 10.1 Å². The number of hydrogen-bond donors (Lipinski definition) is 1. The third kappa shape index (κ3) is 4.81. The van der Waals surface area contributed by atoms with Crippen LogP contribution in [0.2, 0.25) is 0 Å². The predicted octanol–water partition coefficient (Wildman–Crippen LogP) is 3.14. The first-order chi connectivity index (χ1) is 8.65. The minimum atomic E-state index is 0.582. The van der Waals surface area contributed by atoms with E-state index < -0.39 is 0 Å². The molecule has 0 saturated carbocycles. The summed E-state index contributed by atoms with van der Waals surface area (Å²) in [5.74, 6) is 4.22. The number of ether oxygens (including phenoxy) is 1. The quantitative estimate of drug-likeness (QED) is 0.588. The molecule has 0 atom stereocenters. The van der Waals surface area contributed by atoms with E-state index in [1.54, 1.807) is 0 Å². The van der Waals surface area contributed by atoms with E-state index in [0.717, 1.165) is 24.4 Å². The van der Waals surface area contributed by atoms with Crippen LogP contribution in [0.15, 0.2) is 18.2 Å². The minimum Gasteiger partial charge on any atom is -0.492 e. The zero-order chi connectivity index (χ0) is 13.4. The fraction of sp³-hybridized carbons (Fsp3) is 0.500. The Morgan fingerprint density at radius 1 is 1.39 bits per heavy atom. The molecule has 18 heavy (non-hydrogen) atoms. The zero-order valence-electron chi connectivity index (χ0n) is 11.6. The molecule has 0 bridgehead atoms. The van der Waals surface area contributed by atoms with Gasteiger partial charge in [-0.3, -0.25) is 0 Å². The first-order valence-corrected chi connectivity index (χ1v) is 6.50. The SMILES string of the molecule is C#CCCOc1c(C)cccc1CNCC(C)C. The molecule has 1 rings (SSSR count). The van der Waals surface area contributed by atoms with Gasteiger partial charge in [0.15, 0.2) is 0 Å². The van der Waals surface area contributed by atoms with E-state index in [-0.39, 0.29) is 0 Å². The number of benzene rings is 1. The Morgan fingerprint density at radius 2 is 2.17 bits per heavy atom. The number of terminal acetylenes is 1. The van der Waals surface area contributed by atoms with Crippen molar-refractivity contribution in [3.63, 3.8) is 0 Å². The first kappa shape index (κ1) is 14.6. The molecule has 1 aromatic carbocycles. The van der Waals surface area contributed by atoms with Gasteiger partial charge in [0.1, 0.15) is 5.75 Å². The lowest BCUT2D eigenvalue weighted by Gasteiger charge is -2.14. The second-order valence-electron chi connectivity index (χ2n) is 4.89. The van der Waals surface area contributed by atoms with Crippen LogP contribution in [0.1, 0.15) is 31.4 Å². The Labute approximate surface area is 111 Å². The maximum atomic E-state index is 5.78. The highest BCUT2D eigenvalue weighted by Crippen LogP contribution is 2.23. The van der Waals surface area contributed by atoms with Crippen molar-refractivity contribution in [2.45, 2.75) is 33.7 Å². The van der Waals surface area contributed by atoms with Crippen LogP contribution in [-0.4, -0.2) is 13.2 Å². The molecule has 0 aromatic heterocycles. The molecule has 1 N–H and O–H groups in total. The van der Waals surface area contributed by atoms with Crippen LogP contribution in [0.5, 0.6) is 5.75 Å². The van der Waals surface area contributed by atoms with Crippen LogP contribution in [0, 0.1) is 25.2 Å². The second-order valence-corrected chi connectivity index (χ2v) is 4.89. The molecule has 0 unspecified atom stereocenters. The van der Waals surface area contributed by atoms with Crippen molar-refractivity contribution in [3.8, 4) is 18.1 Å². The van der Waals surface area contributed by atoms with Gasteiger partial charge < -0.3 is 10.1 Å². The van der Waals surface area contributed by atoms with E-state index in [0.29, 0.717) is 18.9 Å². The number of nitrogens with one attached hydrogen (secondary N) is 1. The topological polar surface area (TPSA) is 21.3 Å². The van der Waals surface area contributed by atoms with Crippen LogP contribution in [0.25, 0.3) is 0 Å². The van der Waals surface area contributed by atoms with Gasteiger partial charge in [-0.25, -0.2) is 0 Å². The Morgan fingerprint density at radius 3 is 2.83 bits per heavy atom. The maximum Gasteiger partial charge on any atom is 0.126 e. The third-order valence-electron chi connectivity index (χ3n) is 2.65. The van der Waals surface area contributed by atoms with E-state index in [9.17, 15) is 0 Å². The summed E-state index contributed by atoms with van der Waals surface area (Å²) in [6.07, 6.45) is 5.89. The average Bonchev–Trinajstić information content (AvgIpc) is 2.32. The van der Waals surface area contributed by atoms with Crippen LogP contribution in [0.4, 0.5) is 0 Å². The van der Waals surface area contributed by atoms with Crippen molar-refractivity contribution in [3.05, 3.63) is 29.3 Å². The normalized spacial score (nSPS) is 10.4. The Balaban J connectivity index is 2.65. The lowest BCUT2D eigenvalue weighted by atomic mass is 10.1. The number of para-hydroxylation sites is 1. The van der Waals surface area contributed by atoms with Crippen molar-refractivity contribution in [1.82, 2.24) is 5.32 Å². The predicted molar refractivity (Wildman–Crippen MR) is 76.7 cm³/mol. The van der Waals surface area contributed by atoms with Gasteiger partial charge >= 0.3 is 0 Å². The molecule has 1 aromatic rings. The Bertz CT molecular complexity index is 404. The highest BCUT2D eigenvalue weighted by atomic mass is 16.5. The summed E-state index contributed by atoms with van der Waals surface area (Å²) in [6, 6.07) is 6.23. The van der Waals surface area contributed by atoms with Crippen molar-refractivity contribution < 1.29 is 4.74 Å². The highest BCUT2D eigenvalue weighted by molar-refractivity contribution is 5.40. The summed E-state index contributed by atoms with van der Waals surface area (Å²) in [7, 11) is 0. The van der Waals surface area contributed by atoms with Crippen molar-refractivity contribution >= 4 is 0 Å². The summed E-state index contributed by atoms with van der Waals surface area (Å²) in [5.41, 5.74) is 2.36. The van der Waals surface area contributed by atoms with Gasteiger partial charge in [-0.05, 0) is 24.9 Å². The fourth-order valence-electron chi connectivity index (χ4n) is 1.77. The molecule has 0 saturated heterocycles. The zero-order valence-corrected chi connectivity index (χ0v) is 11.6. The van der Waals surface area contributed by atoms with Crippen molar-refractivity contribution in [2.24, 2.45) is 5.92 Å². The molecular weight excluding hydrogens is 222 g/mol. The molecule has 0 radical (unpaired) electrons. The lowest BCUT2D eigenvalue weighted by Crippen LogP contribution is -2.19. The molecule has 0 amide bonds. The minimum absolute atomic E-state index is 0.582. The summed E-state index contributed by atoms with van der Waals surface area (Å²) in [5, 5.41) is 3.44. The van der Waals surface area contributed by atoms with E-state index in [2.05, 4.69) is 50.2 Å². The van der Waals surface area contributed by atoms with Crippen LogP contribution in [-0.2, 0) is 6.54 Å². The Hall–Kier alpha value is -1.46. The smallest absolute Gasteiger partial charge is 0.126 e. The molecule has 0 aliphatic rings. The van der Waals surface area contributed by atoms with Gasteiger partial charge in [0.2, 0.25) is 0 Å². The maximum absolute atomic E-state index is 5.78. The molecule has 0 heterocycles. The van der Waals surface area contributed by atoms with Gasteiger partial charge in [0, 0.05) is 18.5 Å². The molecule has 0 spiro atoms. The van der Waals surface area contributed by atoms with Crippen LogP contribution >= 0.6 is 0 Å². The van der Waals surface area contributed by atoms with E-state index in [1.807, 2.05) is 0 Å². The van der Waals surface area contributed by atoms with Gasteiger partial charge in [-0.2, -0.15) is 0 Å². The molecule has 0 aliphatic heterocycles. The molecule has 98 valence electrons. The monoisotopic (exact) mass is 245 g/mol. The standard InChI is InChI=1S/C16H23NO/c1-5-6-10-18-16-14(4)8-7-9-15(16)12-17-11-13(2)3/h1,7-9,13,17H,6,10-12H2,2-4H3. The van der Waals surface area contributed by atoms with E-state index in [1.165, 1.54) is 5.56 Å². The average molecular weight is 245 g/mol. The molecule has 0 fully saturated rings. The summed E-state index contributed by atoms with van der Waals surface area (Å²) < 4.78 is 5.78. The Kier molecular flexibility index (Phi) is 6.32. The van der Waals surface area contributed by atoms with Gasteiger partial charge in [-0.1, -0.05) is 32.0 Å². The fourth-order valence-corrected chi connectivity index (χ4v) is 1.77. The van der Waals surface area contributed by atoms with E-state index >= 15 is 0 Å². The van der Waals surface area contributed by atoms with Gasteiger partial charge in [-0.15, -0.1) is 12.3 Å². The third-order valence-corrected chi connectivity index (χ3v) is 2.65. The van der Waals surface area contributed by atoms with Crippen molar-refractivity contribution in [2.75, 3.05) is 13.2 Å². The summed E-state index contributed by atoms with van der Waals surface area (Å²) in [6.45, 7) is 8.90. The molecule has 2 nitrogen and oxygen atoms in total. The molecular formula is C16H23NO.